The fourth-order valence-corrected chi connectivity index (χ4v) is 6.18. The SMILES string of the molecule is CN1CCCCC1CC(=O)Nc1nc2ccc(Sc3nnc4ccc(C5CC5)nn34)cc2s1. The van der Waals surface area contributed by atoms with E-state index in [4.69, 9.17) is 5.10 Å². The van der Waals surface area contributed by atoms with E-state index in [0.717, 1.165) is 44.6 Å². The van der Waals surface area contributed by atoms with E-state index in [1.54, 1.807) is 0 Å². The third kappa shape index (κ3) is 4.47. The topological polar surface area (TPSA) is 88.3 Å². The second-order valence-electron chi connectivity index (χ2n) is 8.92. The highest BCUT2D eigenvalue weighted by molar-refractivity contribution is 7.99. The lowest BCUT2D eigenvalue weighted by Crippen LogP contribution is -2.38. The van der Waals surface area contributed by atoms with Gasteiger partial charge in [0.1, 0.15) is 0 Å². The zero-order valence-corrected chi connectivity index (χ0v) is 20.0. The summed E-state index contributed by atoms with van der Waals surface area (Å²) >= 11 is 3.04. The van der Waals surface area contributed by atoms with Crippen LogP contribution in [0.1, 0.15) is 50.1 Å². The number of benzene rings is 1. The van der Waals surface area contributed by atoms with Gasteiger partial charge in [-0.05, 0) is 81.4 Å². The van der Waals surface area contributed by atoms with Crippen molar-refractivity contribution in [2.75, 3.05) is 18.9 Å². The highest BCUT2D eigenvalue weighted by Crippen LogP contribution is 2.39. The van der Waals surface area contributed by atoms with Crippen LogP contribution in [0, 0.1) is 0 Å². The van der Waals surface area contributed by atoms with Gasteiger partial charge in [-0.25, -0.2) is 4.98 Å². The molecule has 1 unspecified atom stereocenters. The summed E-state index contributed by atoms with van der Waals surface area (Å²) in [7, 11) is 2.11. The number of fused-ring (bicyclic) bond motifs is 2. The standard InChI is InChI=1S/C23H25N7OS2/c1-29-11-3-2-4-15(29)12-21(31)25-22-24-18-8-7-16(13-19(18)33-22)32-23-27-26-20-10-9-17(14-5-6-14)28-30(20)23/h7-10,13-15H,2-6,11-12H2,1H3,(H,24,25,31). The Morgan fingerprint density at radius 3 is 2.94 bits per heavy atom. The Kier molecular flexibility index (Phi) is 5.51. The number of carbonyl (C=O) groups is 1. The molecule has 33 heavy (non-hydrogen) atoms. The van der Waals surface area contributed by atoms with Gasteiger partial charge in [-0.15, -0.1) is 10.2 Å². The molecule has 10 heteroatoms. The lowest BCUT2D eigenvalue weighted by atomic mass is 10.00. The predicted octanol–water partition coefficient (Wildman–Crippen LogP) is 4.58. The van der Waals surface area contributed by atoms with Gasteiger partial charge in [0.2, 0.25) is 11.1 Å². The average molecular weight is 480 g/mol. The maximum absolute atomic E-state index is 12.6. The molecule has 2 aliphatic rings. The van der Waals surface area contributed by atoms with Crippen molar-refractivity contribution < 1.29 is 4.79 Å². The van der Waals surface area contributed by atoms with Crippen LogP contribution < -0.4 is 5.32 Å². The lowest BCUT2D eigenvalue weighted by Gasteiger charge is -2.31. The molecule has 4 aromatic rings. The van der Waals surface area contributed by atoms with Crippen molar-refractivity contribution in [1.82, 2.24) is 29.7 Å². The molecule has 6 rings (SSSR count). The fourth-order valence-electron chi connectivity index (χ4n) is 4.36. The van der Waals surface area contributed by atoms with Crippen molar-refractivity contribution in [2.24, 2.45) is 0 Å². The molecule has 1 aliphatic heterocycles. The van der Waals surface area contributed by atoms with Crippen LogP contribution in [0.15, 0.2) is 40.4 Å². The first kappa shape index (κ1) is 21.0. The maximum Gasteiger partial charge on any atom is 0.227 e. The smallest absolute Gasteiger partial charge is 0.227 e. The Hall–Kier alpha value is -2.56. The van der Waals surface area contributed by atoms with Gasteiger partial charge in [0.05, 0.1) is 15.9 Å². The van der Waals surface area contributed by atoms with Crippen molar-refractivity contribution in [3.63, 3.8) is 0 Å². The Labute approximate surface area is 199 Å². The monoisotopic (exact) mass is 479 g/mol. The number of likely N-dealkylation sites (tertiary alicyclic amines) is 1. The van der Waals surface area contributed by atoms with E-state index in [1.807, 2.05) is 22.7 Å². The third-order valence-electron chi connectivity index (χ3n) is 6.41. The number of rotatable bonds is 6. The molecule has 1 aliphatic carbocycles. The molecular weight excluding hydrogens is 454 g/mol. The fraction of sp³-hybridized carbons (Fsp3) is 0.435. The zero-order valence-electron chi connectivity index (χ0n) is 18.4. The first-order valence-corrected chi connectivity index (χ1v) is 13.1. The molecule has 170 valence electrons. The highest BCUT2D eigenvalue weighted by Gasteiger charge is 2.26. The first-order chi connectivity index (χ1) is 16.1. The minimum atomic E-state index is 0.0369. The van der Waals surface area contributed by atoms with Crippen LogP contribution in [0.5, 0.6) is 0 Å². The van der Waals surface area contributed by atoms with E-state index in [9.17, 15) is 4.79 Å². The molecule has 1 amide bonds. The van der Waals surface area contributed by atoms with Gasteiger partial charge >= 0.3 is 0 Å². The first-order valence-electron chi connectivity index (χ1n) is 11.4. The highest BCUT2D eigenvalue weighted by atomic mass is 32.2. The summed E-state index contributed by atoms with van der Waals surface area (Å²) in [5.41, 5.74) is 2.76. The van der Waals surface area contributed by atoms with Crippen molar-refractivity contribution in [1.29, 1.82) is 0 Å². The zero-order chi connectivity index (χ0) is 22.4. The predicted molar refractivity (Wildman–Crippen MR) is 130 cm³/mol. The van der Waals surface area contributed by atoms with Crippen molar-refractivity contribution in [3.05, 3.63) is 36.0 Å². The molecule has 0 bridgehead atoms. The van der Waals surface area contributed by atoms with Crippen molar-refractivity contribution >= 4 is 50.0 Å². The summed E-state index contributed by atoms with van der Waals surface area (Å²) in [6.07, 6.45) is 6.43. The van der Waals surface area contributed by atoms with Crippen LogP contribution in [0.3, 0.4) is 0 Å². The third-order valence-corrected chi connectivity index (χ3v) is 8.27. The van der Waals surface area contributed by atoms with Gasteiger partial charge in [-0.1, -0.05) is 17.8 Å². The van der Waals surface area contributed by atoms with Crippen LogP contribution in [0.4, 0.5) is 5.13 Å². The van der Waals surface area contributed by atoms with Crippen LogP contribution in [0.25, 0.3) is 15.9 Å². The number of anilines is 1. The molecule has 0 radical (unpaired) electrons. The molecule has 1 atom stereocenters. The Balaban J connectivity index is 1.17. The van der Waals surface area contributed by atoms with Gasteiger partial charge in [-0.2, -0.15) is 9.61 Å². The van der Waals surface area contributed by atoms with E-state index in [-0.39, 0.29) is 5.91 Å². The average Bonchev–Trinajstić information content (AvgIpc) is 3.48. The number of hydrogen-bond acceptors (Lipinski definition) is 8. The number of aromatic nitrogens is 5. The maximum atomic E-state index is 12.6. The Morgan fingerprint density at radius 2 is 2.09 bits per heavy atom. The molecule has 1 aromatic carbocycles. The second-order valence-corrected chi connectivity index (χ2v) is 11.0. The molecule has 2 fully saturated rings. The number of piperidine rings is 1. The van der Waals surface area contributed by atoms with Crippen LogP contribution >= 0.6 is 23.1 Å². The molecular formula is C23H25N7OS2. The quantitative estimate of drug-likeness (QED) is 0.433. The van der Waals surface area contributed by atoms with Gasteiger partial charge in [0, 0.05) is 23.3 Å². The van der Waals surface area contributed by atoms with Crippen LogP contribution in [-0.2, 0) is 4.79 Å². The summed E-state index contributed by atoms with van der Waals surface area (Å²) in [4.78, 5) is 20.5. The van der Waals surface area contributed by atoms with Crippen LogP contribution in [-0.4, -0.2) is 55.2 Å². The van der Waals surface area contributed by atoms with Crippen molar-refractivity contribution in [2.45, 2.75) is 60.5 Å². The summed E-state index contributed by atoms with van der Waals surface area (Å²) in [6, 6.07) is 10.5. The van der Waals surface area contributed by atoms with Gasteiger partial charge < -0.3 is 10.2 Å². The number of carbonyl (C=O) groups excluding carboxylic acids is 1. The van der Waals surface area contributed by atoms with E-state index in [2.05, 4.69) is 44.6 Å². The van der Waals surface area contributed by atoms with E-state index < -0.39 is 0 Å². The number of nitrogens with zero attached hydrogens (tertiary/aromatic N) is 6. The number of nitrogens with one attached hydrogen (secondary N) is 1. The summed E-state index contributed by atoms with van der Waals surface area (Å²) in [5, 5.41) is 17.8. The number of amides is 1. The number of thiazole rings is 1. The molecule has 1 saturated carbocycles. The molecule has 8 nitrogen and oxygen atoms in total. The second kappa shape index (κ2) is 8.66. The number of hydrogen-bond donors (Lipinski definition) is 1. The Morgan fingerprint density at radius 1 is 1.18 bits per heavy atom. The minimum absolute atomic E-state index is 0.0369. The van der Waals surface area contributed by atoms with Gasteiger partial charge in [-0.3, -0.25) is 4.79 Å². The molecule has 3 aromatic heterocycles. The Bertz CT molecular complexity index is 1330. The lowest BCUT2D eigenvalue weighted by molar-refractivity contribution is -0.117. The summed E-state index contributed by atoms with van der Waals surface area (Å²) < 4.78 is 2.87. The van der Waals surface area contributed by atoms with Gasteiger partial charge in [0.15, 0.2) is 10.8 Å². The molecule has 0 spiro atoms. The van der Waals surface area contributed by atoms with Gasteiger partial charge in [0.25, 0.3) is 0 Å². The van der Waals surface area contributed by atoms with E-state index in [1.165, 1.54) is 48.8 Å². The largest absolute Gasteiger partial charge is 0.303 e. The van der Waals surface area contributed by atoms with Crippen molar-refractivity contribution in [3.8, 4) is 0 Å². The van der Waals surface area contributed by atoms with Crippen LogP contribution in [0.2, 0.25) is 0 Å². The summed E-state index contributed by atoms with van der Waals surface area (Å²) in [5.74, 6) is 0.616. The molecule has 1 saturated heterocycles. The van der Waals surface area contributed by atoms with E-state index >= 15 is 0 Å². The minimum Gasteiger partial charge on any atom is -0.303 e. The molecule has 1 N–H and O–H groups in total. The normalized spacial score (nSPS) is 19.4. The molecule has 4 heterocycles. The summed E-state index contributed by atoms with van der Waals surface area (Å²) in [6.45, 7) is 1.07. The van der Waals surface area contributed by atoms with E-state index in [0.29, 0.717) is 23.5 Å².